The highest BCUT2D eigenvalue weighted by molar-refractivity contribution is 5.79. The molecular weight excluding hydrogens is 216 g/mol. The summed E-state index contributed by atoms with van der Waals surface area (Å²) < 4.78 is 0. The molecular formula is C13H24N2O2. The van der Waals surface area contributed by atoms with E-state index in [0.29, 0.717) is 12.5 Å². The van der Waals surface area contributed by atoms with Crippen LogP contribution in [-0.2, 0) is 4.79 Å². The molecule has 2 aliphatic rings. The second-order valence-electron chi connectivity index (χ2n) is 5.48. The average Bonchev–Trinajstić information content (AvgIpc) is 2.86. The lowest BCUT2D eigenvalue weighted by atomic mass is 9.80. The van der Waals surface area contributed by atoms with Crippen LogP contribution in [-0.4, -0.2) is 41.7 Å². The molecule has 2 fully saturated rings. The monoisotopic (exact) mass is 240 g/mol. The Hall–Kier alpha value is -0.610. The van der Waals surface area contributed by atoms with E-state index in [2.05, 4.69) is 0 Å². The molecule has 0 radical (unpaired) electrons. The highest BCUT2D eigenvalue weighted by Gasteiger charge is 2.34. The Kier molecular flexibility index (Phi) is 4.40. The van der Waals surface area contributed by atoms with Crippen molar-refractivity contribution in [2.75, 3.05) is 19.7 Å². The van der Waals surface area contributed by atoms with Crippen LogP contribution >= 0.6 is 0 Å². The molecule has 1 aliphatic heterocycles. The van der Waals surface area contributed by atoms with E-state index >= 15 is 0 Å². The van der Waals surface area contributed by atoms with E-state index < -0.39 is 0 Å². The Morgan fingerprint density at radius 1 is 1.29 bits per heavy atom. The molecule has 1 amide bonds. The minimum Gasteiger partial charge on any atom is -0.394 e. The van der Waals surface area contributed by atoms with Gasteiger partial charge in [-0.3, -0.25) is 4.79 Å². The van der Waals surface area contributed by atoms with Crippen molar-refractivity contribution in [2.24, 2.45) is 17.6 Å². The van der Waals surface area contributed by atoms with Gasteiger partial charge in [0, 0.05) is 12.5 Å². The number of rotatable bonds is 3. The highest BCUT2D eigenvalue weighted by atomic mass is 16.3. The predicted octanol–water partition coefficient (Wildman–Crippen LogP) is 0.735. The number of aliphatic hydroxyl groups is 1. The molecule has 3 unspecified atom stereocenters. The lowest BCUT2D eigenvalue weighted by molar-refractivity contribution is -0.138. The molecule has 4 heteroatoms. The van der Waals surface area contributed by atoms with Crippen LogP contribution in [0.2, 0.25) is 0 Å². The third kappa shape index (κ3) is 2.80. The third-order valence-corrected chi connectivity index (χ3v) is 4.34. The van der Waals surface area contributed by atoms with Gasteiger partial charge >= 0.3 is 0 Å². The zero-order chi connectivity index (χ0) is 12.3. The van der Waals surface area contributed by atoms with Gasteiger partial charge in [-0.1, -0.05) is 6.42 Å². The first-order valence-electron chi connectivity index (χ1n) is 6.87. The number of carbonyl (C=O) groups excluding carboxylic acids is 1. The predicted molar refractivity (Wildman–Crippen MR) is 66.3 cm³/mol. The SMILES string of the molecule is NCC1CCCC(C(=O)N2CCCC2CO)C1. The first-order valence-corrected chi connectivity index (χ1v) is 6.87. The first-order chi connectivity index (χ1) is 8.26. The van der Waals surface area contributed by atoms with E-state index in [1.807, 2.05) is 4.90 Å². The van der Waals surface area contributed by atoms with Crippen LogP contribution in [0, 0.1) is 11.8 Å². The van der Waals surface area contributed by atoms with Crippen molar-refractivity contribution in [2.45, 2.75) is 44.6 Å². The quantitative estimate of drug-likeness (QED) is 0.764. The average molecular weight is 240 g/mol. The Bertz CT molecular complexity index is 270. The van der Waals surface area contributed by atoms with E-state index in [1.165, 1.54) is 6.42 Å². The molecule has 3 atom stereocenters. The lowest BCUT2D eigenvalue weighted by Crippen LogP contribution is -2.43. The van der Waals surface area contributed by atoms with Crippen molar-refractivity contribution in [3.05, 3.63) is 0 Å². The van der Waals surface area contributed by atoms with Gasteiger partial charge in [0.05, 0.1) is 12.6 Å². The second-order valence-corrected chi connectivity index (χ2v) is 5.48. The number of hydrogen-bond acceptors (Lipinski definition) is 3. The Morgan fingerprint density at radius 3 is 2.82 bits per heavy atom. The molecule has 0 aromatic rings. The van der Waals surface area contributed by atoms with Crippen molar-refractivity contribution < 1.29 is 9.90 Å². The fourth-order valence-corrected chi connectivity index (χ4v) is 3.28. The van der Waals surface area contributed by atoms with Gasteiger partial charge in [-0.2, -0.15) is 0 Å². The van der Waals surface area contributed by atoms with Crippen LogP contribution in [0.3, 0.4) is 0 Å². The molecule has 0 spiro atoms. The molecule has 0 aromatic heterocycles. The first kappa shape index (κ1) is 12.8. The smallest absolute Gasteiger partial charge is 0.226 e. The molecule has 1 aliphatic carbocycles. The van der Waals surface area contributed by atoms with Crippen molar-refractivity contribution in [3.8, 4) is 0 Å². The number of likely N-dealkylation sites (tertiary alicyclic amines) is 1. The Morgan fingerprint density at radius 2 is 2.12 bits per heavy atom. The van der Waals surface area contributed by atoms with E-state index in [1.54, 1.807) is 0 Å². The van der Waals surface area contributed by atoms with Crippen molar-refractivity contribution in [1.29, 1.82) is 0 Å². The zero-order valence-electron chi connectivity index (χ0n) is 10.5. The molecule has 4 nitrogen and oxygen atoms in total. The summed E-state index contributed by atoms with van der Waals surface area (Å²) in [6.45, 7) is 1.64. The van der Waals surface area contributed by atoms with Crippen molar-refractivity contribution >= 4 is 5.91 Å². The fraction of sp³-hybridized carbons (Fsp3) is 0.923. The molecule has 98 valence electrons. The fourth-order valence-electron chi connectivity index (χ4n) is 3.28. The molecule has 1 heterocycles. The van der Waals surface area contributed by atoms with Crippen LogP contribution in [0.25, 0.3) is 0 Å². The summed E-state index contributed by atoms with van der Waals surface area (Å²) in [5, 5.41) is 9.27. The van der Waals surface area contributed by atoms with Gasteiger partial charge < -0.3 is 15.7 Å². The van der Waals surface area contributed by atoms with Gasteiger partial charge in [-0.05, 0) is 44.6 Å². The number of nitrogens with two attached hydrogens (primary N) is 1. The van der Waals surface area contributed by atoms with Gasteiger partial charge in [0.15, 0.2) is 0 Å². The Labute approximate surface area is 103 Å². The second kappa shape index (κ2) is 5.83. The molecule has 1 saturated carbocycles. The lowest BCUT2D eigenvalue weighted by Gasteiger charge is -2.32. The minimum atomic E-state index is 0.0701. The van der Waals surface area contributed by atoms with Crippen LogP contribution < -0.4 is 5.73 Å². The molecule has 1 saturated heterocycles. The summed E-state index contributed by atoms with van der Waals surface area (Å²) in [4.78, 5) is 14.3. The molecule has 0 aromatic carbocycles. The summed E-state index contributed by atoms with van der Waals surface area (Å²) >= 11 is 0. The van der Waals surface area contributed by atoms with Gasteiger partial charge in [0.25, 0.3) is 0 Å². The van der Waals surface area contributed by atoms with Crippen molar-refractivity contribution in [1.82, 2.24) is 4.90 Å². The number of hydrogen-bond donors (Lipinski definition) is 2. The van der Waals surface area contributed by atoms with Crippen LogP contribution in [0.4, 0.5) is 0 Å². The van der Waals surface area contributed by atoms with Crippen LogP contribution in [0.1, 0.15) is 38.5 Å². The topological polar surface area (TPSA) is 66.6 Å². The third-order valence-electron chi connectivity index (χ3n) is 4.34. The largest absolute Gasteiger partial charge is 0.394 e. The summed E-state index contributed by atoms with van der Waals surface area (Å²) in [6, 6.07) is 0.0701. The molecule has 3 N–H and O–H groups in total. The van der Waals surface area contributed by atoms with Gasteiger partial charge in [-0.25, -0.2) is 0 Å². The van der Waals surface area contributed by atoms with E-state index in [4.69, 9.17) is 5.73 Å². The van der Waals surface area contributed by atoms with Crippen LogP contribution in [0.15, 0.2) is 0 Å². The molecule has 0 bridgehead atoms. The number of carbonyl (C=O) groups is 1. The summed E-state index contributed by atoms with van der Waals surface area (Å²) in [5.74, 6) is 0.942. The van der Waals surface area contributed by atoms with E-state index in [9.17, 15) is 9.90 Å². The zero-order valence-corrected chi connectivity index (χ0v) is 10.5. The van der Waals surface area contributed by atoms with Crippen LogP contribution in [0.5, 0.6) is 0 Å². The van der Waals surface area contributed by atoms with E-state index in [0.717, 1.165) is 38.6 Å². The maximum Gasteiger partial charge on any atom is 0.226 e. The minimum absolute atomic E-state index is 0.0701. The highest BCUT2D eigenvalue weighted by Crippen LogP contribution is 2.31. The number of aliphatic hydroxyl groups excluding tert-OH is 1. The maximum absolute atomic E-state index is 12.4. The van der Waals surface area contributed by atoms with Gasteiger partial charge in [0.2, 0.25) is 5.91 Å². The standard InChI is InChI=1S/C13H24N2O2/c14-8-10-3-1-4-11(7-10)13(17)15-6-2-5-12(15)9-16/h10-12,16H,1-9,14H2. The number of amides is 1. The van der Waals surface area contributed by atoms with Gasteiger partial charge in [0.1, 0.15) is 0 Å². The molecule has 17 heavy (non-hydrogen) atoms. The number of nitrogens with zero attached hydrogens (tertiary/aromatic N) is 1. The van der Waals surface area contributed by atoms with Crippen molar-refractivity contribution in [3.63, 3.8) is 0 Å². The summed E-state index contributed by atoms with van der Waals surface area (Å²) in [5.41, 5.74) is 5.71. The summed E-state index contributed by atoms with van der Waals surface area (Å²) in [6.07, 6.45) is 6.23. The molecule has 2 rings (SSSR count). The van der Waals surface area contributed by atoms with E-state index in [-0.39, 0.29) is 24.5 Å². The van der Waals surface area contributed by atoms with Gasteiger partial charge in [-0.15, -0.1) is 0 Å². The Balaban J connectivity index is 1.94. The summed E-state index contributed by atoms with van der Waals surface area (Å²) in [7, 11) is 0. The normalized spacial score (nSPS) is 34.0. The maximum atomic E-state index is 12.4.